The van der Waals surface area contributed by atoms with E-state index in [1.807, 2.05) is 24.3 Å². The maximum absolute atomic E-state index is 13.2. The number of anilines is 2. The van der Waals surface area contributed by atoms with Gasteiger partial charge in [-0.2, -0.15) is 0 Å². The number of hydrogen-bond acceptors (Lipinski definition) is 5. The van der Waals surface area contributed by atoms with E-state index in [4.69, 9.17) is 4.74 Å². The first-order valence-corrected chi connectivity index (χ1v) is 10.7. The van der Waals surface area contributed by atoms with Crippen LogP contribution in [0.2, 0.25) is 0 Å². The molecule has 7 nitrogen and oxygen atoms in total. The summed E-state index contributed by atoms with van der Waals surface area (Å²) in [6.07, 6.45) is -0.311. The van der Waals surface area contributed by atoms with Crippen LogP contribution >= 0.6 is 0 Å². The Morgan fingerprint density at radius 2 is 1.65 bits per heavy atom. The third-order valence-electron chi connectivity index (χ3n) is 5.99. The number of imide groups is 1. The summed E-state index contributed by atoms with van der Waals surface area (Å²) < 4.78 is 18.6. The zero-order valence-electron chi connectivity index (χ0n) is 18.2. The van der Waals surface area contributed by atoms with E-state index < -0.39 is 29.7 Å². The Morgan fingerprint density at radius 3 is 2.41 bits per heavy atom. The number of nitrogens with zero attached hydrogens (tertiary/aromatic N) is 2. The van der Waals surface area contributed by atoms with Crippen molar-refractivity contribution < 1.29 is 28.3 Å². The third kappa shape index (κ3) is 3.53. The summed E-state index contributed by atoms with van der Waals surface area (Å²) in [5.41, 5.74) is 2.30. The Hall–Kier alpha value is -4.33. The highest BCUT2D eigenvalue weighted by atomic mass is 19.1. The number of halogens is 1. The molecule has 2 heterocycles. The fourth-order valence-corrected chi connectivity index (χ4v) is 4.26. The van der Waals surface area contributed by atoms with E-state index in [-0.39, 0.29) is 28.3 Å². The van der Waals surface area contributed by atoms with Gasteiger partial charge < -0.3 is 9.64 Å². The summed E-state index contributed by atoms with van der Waals surface area (Å²) in [6.45, 7) is 2.01. The van der Waals surface area contributed by atoms with Gasteiger partial charge in [0.05, 0.1) is 22.4 Å². The molecule has 8 heteroatoms. The number of para-hydroxylation sites is 1. The summed E-state index contributed by atoms with van der Waals surface area (Å²) in [4.78, 5) is 53.8. The summed E-state index contributed by atoms with van der Waals surface area (Å²) in [7, 11) is 0. The van der Waals surface area contributed by atoms with Crippen molar-refractivity contribution >= 4 is 35.1 Å². The van der Waals surface area contributed by atoms with E-state index in [0.717, 1.165) is 34.7 Å². The first-order valence-electron chi connectivity index (χ1n) is 10.7. The molecular weight excluding hydrogens is 439 g/mol. The molecule has 3 amide bonds. The largest absolute Gasteiger partial charge is 0.449 e. The van der Waals surface area contributed by atoms with Crippen LogP contribution in [0.25, 0.3) is 0 Å². The van der Waals surface area contributed by atoms with Gasteiger partial charge in [0.1, 0.15) is 5.82 Å². The van der Waals surface area contributed by atoms with Crippen LogP contribution in [-0.2, 0) is 16.0 Å². The molecule has 1 unspecified atom stereocenters. The van der Waals surface area contributed by atoms with Gasteiger partial charge in [-0.05, 0) is 67.4 Å². The number of rotatable bonds is 4. The molecule has 0 saturated heterocycles. The molecule has 34 heavy (non-hydrogen) atoms. The number of ether oxygens (including phenoxy) is 1. The topological polar surface area (TPSA) is 84.0 Å². The van der Waals surface area contributed by atoms with Crippen molar-refractivity contribution in [2.45, 2.75) is 19.4 Å². The van der Waals surface area contributed by atoms with Gasteiger partial charge in [-0.3, -0.25) is 14.4 Å². The maximum atomic E-state index is 13.2. The summed E-state index contributed by atoms with van der Waals surface area (Å²) in [6, 6.07) is 16.6. The third-order valence-corrected chi connectivity index (χ3v) is 5.99. The van der Waals surface area contributed by atoms with Crippen LogP contribution in [0.4, 0.5) is 15.8 Å². The van der Waals surface area contributed by atoms with Gasteiger partial charge in [-0.25, -0.2) is 14.1 Å². The van der Waals surface area contributed by atoms with Crippen molar-refractivity contribution in [3.63, 3.8) is 0 Å². The van der Waals surface area contributed by atoms with Crippen molar-refractivity contribution in [3.8, 4) is 0 Å². The van der Waals surface area contributed by atoms with E-state index in [0.29, 0.717) is 6.54 Å². The Labute approximate surface area is 194 Å². The van der Waals surface area contributed by atoms with Crippen LogP contribution in [0, 0.1) is 5.82 Å². The smallest absolute Gasteiger partial charge is 0.338 e. The second kappa shape index (κ2) is 8.22. The van der Waals surface area contributed by atoms with Crippen LogP contribution in [0.5, 0.6) is 0 Å². The molecule has 5 rings (SSSR count). The Morgan fingerprint density at radius 1 is 0.941 bits per heavy atom. The first kappa shape index (κ1) is 21.5. The molecule has 2 aliphatic heterocycles. The van der Waals surface area contributed by atoms with Gasteiger partial charge >= 0.3 is 5.97 Å². The predicted octanol–water partition coefficient (Wildman–Crippen LogP) is 3.76. The second-order valence-electron chi connectivity index (χ2n) is 8.10. The fraction of sp³-hybridized carbons (Fsp3) is 0.154. The Kier molecular flexibility index (Phi) is 5.20. The number of esters is 1. The lowest BCUT2D eigenvalue weighted by Gasteiger charge is -2.21. The summed E-state index contributed by atoms with van der Waals surface area (Å²) >= 11 is 0. The lowest BCUT2D eigenvalue weighted by atomic mass is 10.1. The number of benzene rings is 3. The monoisotopic (exact) mass is 458 g/mol. The Balaban J connectivity index is 1.33. The lowest BCUT2D eigenvalue weighted by molar-refractivity contribution is -0.126. The average molecular weight is 458 g/mol. The van der Waals surface area contributed by atoms with Crippen molar-refractivity contribution in [2.75, 3.05) is 16.3 Å². The molecule has 2 aliphatic rings. The van der Waals surface area contributed by atoms with Crippen LogP contribution in [0.15, 0.2) is 66.7 Å². The van der Waals surface area contributed by atoms with Crippen LogP contribution in [-0.4, -0.2) is 36.3 Å². The van der Waals surface area contributed by atoms with E-state index in [9.17, 15) is 23.6 Å². The van der Waals surface area contributed by atoms with Crippen LogP contribution in [0.1, 0.15) is 43.6 Å². The zero-order valence-corrected chi connectivity index (χ0v) is 18.2. The standard InChI is InChI=1S/C26H19FN2O5/c1-15(23(30)28-13-12-16-4-2-3-5-22(16)28)34-26(33)17-6-11-20-21(14-17)25(32)29(24(20)31)19-9-7-18(27)8-10-19/h2-11,14-15H,12-13H2,1H3. The fourth-order valence-electron chi connectivity index (χ4n) is 4.26. The van der Waals surface area contributed by atoms with Crippen molar-refractivity contribution in [2.24, 2.45) is 0 Å². The van der Waals surface area contributed by atoms with Gasteiger partial charge in [0.25, 0.3) is 17.7 Å². The summed E-state index contributed by atoms with van der Waals surface area (Å²) in [5, 5.41) is 0. The zero-order chi connectivity index (χ0) is 24.0. The molecule has 0 N–H and O–H groups in total. The molecule has 0 radical (unpaired) electrons. The average Bonchev–Trinajstić information content (AvgIpc) is 3.38. The predicted molar refractivity (Wildman–Crippen MR) is 121 cm³/mol. The highest BCUT2D eigenvalue weighted by Crippen LogP contribution is 2.30. The van der Waals surface area contributed by atoms with Crippen molar-refractivity contribution in [3.05, 3.63) is 94.8 Å². The van der Waals surface area contributed by atoms with Gasteiger partial charge in [-0.1, -0.05) is 18.2 Å². The number of amides is 3. The van der Waals surface area contributed by atoms with E-state index >= 15 is 0 Å². The molecule has 1 atom stereocenters. The normalized spacial score (nSPS) is 15.2. The quantitative estimate of drug-likeness (QED) is 0.439. The minimum absolute atomic E-state index is 0.0382. The first-order chi connectivity index (χ1) is 16.3. The maximum Gasteiger partial charge on any atom is 0.338 e. The van der Waals surface area contributed by atoms with E-state index in [1.165, 1.54) is 37.3 Å². The molecule has 0 aliphatic carbocycles. The molecule has 3 aromatic carbocycles. The Bertz CT molecular complexity index is 1350. The minimum atomic E-state index is -1.04. The van der Waals surface area contributed by atoms with Crippen molar-refractivity contribution in [1.29, 1.82) is 0 Å². The summed E-state index contributed by atoms with van der Waals surface area (Å²) in [5.74, 6) is -2.81. The second-order valence-corrected chi connectivity index (χ2v) is 8.10. The van der Waals surface area contributed by atoms with Crippen molar-refractivity contribution in [1.82, 2.24) is 0 Å². The molecular formula is C26H19FN2O5. The van der Waals surface area contributed by atoms with Gasteiger partial charge in [0, 0.05) is 12.2 Å². The number of fused-ring (bicyclic) bond motifs is 2. The van der Waals surface area contributed by atoms with Gasteiger partial charge in [0.15, 0.2) is 6.10 Å². The number of hydrogen-bond donors (Lipinski definition) is 0. The molecule has 0 fully saturated rings. The highest BCUT2D eigenvalue weighted by molar-refractivity contribution is 6.34. The van der Waals surface area contributed by atoms with E-state index in [2.05, 4.69) is 0 Å². The molecule has 0 saturated carbocycles. The molecule has 0 aromatic heterocycles. The van der Waals surface area contributed by atoms with E-state index in [1.54, 1.807) is 4.90 Å². The van der Waals surface area contributed by atoms with Crippen LogP contribution in [0.3, 0.4) is 0 Å². The number of carbonyl (C=O) groups is 4. The van der Waals surface area contributed by atoms with Gasteiger partial charge in [0.2, 0.25) is 0 Å². The minimum Gasteiger partial charge on any atom is -0.449 e. The molecule has 3 aromatic rings. The molecule has 0 bridgehead atoms. The number of carbonyl (C=O) groups excluding carboxylic acids is 4. The highest BCUT2D eigenvalue weighted by Gasteiger charge is 2.37. The lowest BCUT2D eigenvalue weighted by Crippen LogP contribution is -2.39. The van der Waals surface area contributed by atoms with Crippen LogP contribution < -0.4 is 9.80 Å². The van der Waals surface area contributed by atoms with Gasteiger partial charge in [-0.15, -0.1) is 0 Å². The SMILES string of the molecule is CC(OC(=O)c1ccc2c(c1)C(=O)N(c1ccc(F)cc1)C2=O)C(=O)N1CCc2ccccc21. The molecule has 170 valence electrons. The molecule has 0 spiro atoms.